The highest BCUT2D eigenvalue weighted by Gasteiger charge is 2.07. The minimum Gasteiger partial charge on any atom is -0.373 e. The summed E-state index contributed by atoms with van der Waals surface area (Å²) in [5.74, 6) is 1.12. The van der Waals surface area contributed by atoms with Gasteiger partial charge in [-0.3, -0.25) is 0 Å². The van der Waals surface area contributed by atoms with E-state index in [0.717, 1.165) is 5.82 Å². The molecule has 19 heavy (non-hydrogen) atoms. The van der Waals surface area contributed by atoms with Gasteiger partial charge in [0.2, 0.25) is 0 Å². The molecule has 1 aromatic heterocycles. The summed E-state index contributed by atoms with van der Waals surface area (Å²) in [6.45, 7) is 1.73. The number of thioether (sulfide) groups is 1. The first-order chi connectivity index (χ1) is 9.13. The molecular formula is C13H15FN4S. The minimum absolute atomic E-state index is 0.238. The molecule has 0 radical (unpaired) electrons. The number of benzene rings is 1. The Hall–Kier alpha value is -1.82. The highest BCUT2D eigenvalue weighted by molar-refractivity contribution is 7.98. The van der Waals surface area contributed by atoms with Crippen molar-refractivity contribution < 1.29 is 4.39 Å². The number of hydrogen-bond donors (Lipinski definition) is 2. The maximum absolute atomic E-state index is 13.5. The Balaban J connectivity index is 2.34. The SMILES string of the molecule is CNc1cc(Nc2cccc(F)c2C)nc(SC)n1. The lowest BCUT2D eigenvalue weighted by Crippen LogP contribution is -2.02. The van der Waals surface area contributed by atoms with Crippen molar-refractivity contribution in [2.75, 3.05) is 23.9 Å². The molecule has 2 rings (SSSR count). The van der Waals surface area contributed by atoms with Crippen LogP contribution in [-0.4, -0.2) is 23.3 Å². The van der Waals surface area contributed by atoms with E-state index in [0.29, 0.717) is 22.2 Å². The van der Waals surface area contributed by atoms with Gasteiger partial charge < -0.3 is 10.6 Å². The Morgan fingerprint density at radius 3 is 2.63 bits per heavy atom. The second kappa shape index (κ2) is 5.88. The van der Waals surface area contributed by atoms with Gasteiger partial charge in [0.15, 0.2) is 5.16 Å². The number of aromatic nitrogens is 2. The van der Waals surface area contributed by atoms with Gasteiger partial charge in [-0.1, -0.05) is 17.8 Å². The van der Waals surface area contributed by atoms with Crippen LogP contribution in [0, 0.1) is 12.7 Å². The van der Waals surface area contributed by atoms with Crippen LogP contribution in [0.5, 0.6) is 0 Å². The van der Waals surface area contributed by atoms with Crippen molar-refractivity contribution in [3.8, 4) is 0 Å². The molecule has 0 bridgehead atoms. The number of nitrogens with one attached hydrogen (secondary N) is 2. The molecule has 0 fully saturated rings. The first-order valence-electron chi connectivity index (χ1n) is 5.77. The van der Waals surface area contributed by atoms with Crippen LogP contribution in [0.3, 0.4) is 0 Å². The molecular weight excluding hydrogens is 263 g/mol. The summed E-state index contributed by atoms with van der Waals surface area (Å²) in [5.41, 5.74) is 1.27. The summed E-state index contributed by atoms with van der Waals surface area (Å²) in [7, 11) is 1.80. The largest absolute Gasteiger partial charge is 0.373 e. The molecule has 2 N–H and O–H groups in total. The summed E-state index contributed by atoms with van der Waals surface area (Å²) in [5, 5.41) is 6.75. The van der Waals surface area contributed by atoms with Gasteiger partial charge in [0.05, 0.1) is 0 Å². The van der Waals surface area contributed by atoms with E-state index in [1.54, 1.807) is 26.1 Å². The van der Waals surface area contributed by atoms with E-state index in [-0.39, 0.29) is 5.82 Å². The molecule has 2 aromatic rings. The van der Waals surface area contributed by atoms with Gasteiger partial charge in [-0.05, 0) is 25.3 Å². The van der Waals surface area contributed by atoms with Crippen molar-refractivity contribution in [1.82, 2.24) is 9.97 Å². The zero-order chi connectivity index (χ0) is 13.8. The van der Waals surface area contributed by atoms with Crippen LogP contribution in [-0.2, 0) is 0 Å². The van der Waals surface area contributed by atoms with Crippen LogP contribution in [0.1, 0.15) is 5.56 Å². The molecule has 4 nitrogen and oxygen atoms in total. The van der Waals surface area contributed by atoms with Crippen molar-refractivity contribution in [1.29, 1.82) is 0 Å². The average Bonchev–Trinajstić information content (AvgIpc) is 2.43. The Morgan fingerprint density at radius 2 is 1.95 bits per heavy atom. The third-order valence-electron chi connectivity index (χ3n) is 2.67. The van der Waals surface area contributed by atoms with Crippen LogP contribution in [0.4, 0.5) is 21.7 Å². The average molecular weight is 278 g/mol. The van der Waals surface area contributed by atoms with Gasteiger partial charge >= 0.3 is 0 Å². The quantitative estimate of drug-likeness (QED) is 0.663. The predicted molar refractivity (Wildman–Crippen MR) is 77.8 cm³/mol. The molecule has 1 heterocycles. The minimum atomic E-state index is -0.238. The zero-order valence-electron chi connectivity index (χ0n) is 11.0. The summed E-state index contributed by atoms with van der Waals surface area (Å²) in [4.78, 5) is 8.62. The topological polar surface area (TPSA) is 49.8 Å². The number of anilines is 3. The molecule has 0 aliphatic carbocycles. The molecule has 0 amide bonds. The Morgan fingerprint density at radius 1 is 1.21 bits per heavy atom. The summed E-state index contributed by atoms with van der Waals surface area (Å²) in [6.07, 6.45) is 1.91. The van der Waals surface area contributed by atoms with E-state index < -0.39 is 0 Å². The molecule has 0 spiro atoms. The monoisotopic (exact) mass is 278 g/mol. The molecule has 0 atom stereocenters. The fraction of sp³-hybridized carbons (Fsp3) is 0.231. The van der Waals surface area contributed by atoms with Crippen LogP contribution in [0.2, 0.25) is 0 Å². The molecule has 0 saturated carbocycles. The first kappa shape index (κ1) is 13.6. The smallest absolute Gasteiger partial charge is 0.191 e. The van der Waals surface area contributed by atoms with Crippen LogP contribution >= 0.6 is 11.8 Å². The fourth-order valence-corrected chi connectivity index (χ4v) is 1.97. The van der Waals surface area contributed by atoms with E-state index >= 15 is 0 Å². The second-order valence-corrected chi connectivity index (χ2v) is 4.69. The number of rotatable bonds is 4. The number of hydrogen-bond acceptors (Lipinski definition) is 5. The highest BCUT2D eigenvalue weighted by atomic mass is 32.2. The first-order valence-corrected chi connectivity index (χ1v) is 6.99. The van der Waals surface area contributed by atoms with E-state index in [1.807, 2.05) is 12.3 Å². The summed E-state index contributed by atoms with van der Waals surface area (Å²) < 4.78 is 13.5. The predicted octanol–water partition coefficient (Wildman–Crippen LogP) is 3.43. The van der Waals surface area contributed by atoms with E-state index in [1.165, 1.54) is 17.8 Å². The van der Waals surface area contributed by atoms with Crippen LogP contribution < -0.4 is 10.6 Å². The van der Waals surface area contributed by atoms with Crippen molar-refractivity contribution in [2.45, 2.75) is 12.1 Å². The zero-order valence-corrected chi connectivity index (χ0v) is 11.8. The molecule has 0 saturated heterocycles. The Kier molecular flexibility index (Phi) is 4.21. The highest BCUT2D eigenvalue weighted by Crippen LogP contribution is 2.24. The van der Waals surface area contributed by atoms with Gasteiger partial charge in [0, 0.05) is 24.4 Å². The number of nitrogens with zero attached hydrogens (tertiary/aromatic N) is 2. The van der Waals surface area contributed by atoms with Crippen molar-refractivity contribution in [3.63, 3.8) is 0 Å². The van der Waals surface area contributed by atoms with Crippen LogP contribution in [0.15, 0.2) is 29.4 Å². The van der Waals surface area contributed by atoms with Crippen molar-refractivity contribution in [3.05, 3.63) is 35.6 Å². The third-order valence-corrected chi connectivity index (χ3v) is 3.22. The fourth-order valence-electron chi connectivity index (χ4n) is 1.59. The van der Waals surface area contributed by atoms with Crippen LogP contribution in [0.25, 0.3) is 0 Å². The van der Waals surface area contributed by atoms with E-state index in [9.17, 15) is 4.39 Å². The summed E-state index contributed by atoms with van der Waals surface area (Å²) in [6, 6.07) is 6.70. The molecule has 6 heteroatoms. The molecule has 1 aromatic carbocycles. The van der Waals surface area contributed by atoms with Gasteiger partial charge in [-0.2, -0.15) is 0 Å². The maximum Gasteiger partial charge on any atom is 0.191 e. The van der Waals surface area contributed by atoms with E-state index in [2.05, 4.69) is 20.6 Å². The van der Waals surface area contributed by atoms with Gasteiger partial charge in [0.25, 0.3) is 0 Å². The lowest BCUT2D eigenvalue weighted by atomic mass is 10.2. The molecule has 0 aliphatic heterocycles. The molecule has 100 valence electrons. The number of halogens is 1. The molecule has 0 aliphatic rings. The standard InChI is InChI=1S/C13H15FN4S/c1-8-9(14)5-4-6-10(8)16-12-7-11(15-2)17-13(18-12)19-3/h4-7H,1-3H3,(H2,15,16,17,18). The Bertz CT molecular complexity index is 567. The van der Waals surface area contributed by atoms with Crippen molar-refractivity contribution >= 4 is 29.1 Å². The van der Waals surface area contributed by atoms with Gasteiger partial charge in [0.1, 0.15) is 17.5 Å². The van der Waals surface area contributed by atoms with Crippen molar-refractivity contribution in [2.24, 2.45) is 0 Å². The second-order valence-electron chi connectivity index (χ2n) is 3.91. The van der Waals surface area contributed by atoms with Gasteiger partial charge in [-0.25, -0.2) is 14.4 Å². The molecule has 0 unspecified atom stereocenters. The summed E-state index contributed by atoms with van der Waals surface area (Å²) >= 11 is 1.45. The van der Waals surface area contributed by atoms with E-state index in [4.69, 9.17) is 0 Å². The maximum atomic E-state index is 13.5. The lowest BCUT2D eigenvalue weighted by molar-refractivity contribution is 0.619. The Labute approximate surface area is 115 Å². The third kappa shape index (κ3) is 3.14. The lowest BCUT2D eigenvalue weighted by Gasteiger charge is -2.11. The normalized spacial score (nSPS) is 10.3. The van der Waals surface area contributed by atoms with Gasteiger partial charge in [-0.15, -0.1) is 0 Å².